The molecule has 2 atom stereocenters. The zero-order valence-corrected chi connectivity index (χ0v) is 15.5. The monoisotopic (exact) mass is 393 g/mol. The number of fused-ring (bicyclic) bond motifs is 1. The van der Waals surface area contributed by atoms with Crippen LogP contribution in [0.25, 0.3) is 5.52 Å². The van der Waals surface area contributed by atoms with Gasteiger partial charge in [0.15, 0.2) is 11.4 Å². The van der Waals surface area contributed by atoms with Crippen LogP contribution >= 0.6 is 0 Å². The van der Waals surface area contributed by atoms with Crippen LogP contribution in [0.4, 0.5) is 10.6 Å². The molecule has 9 heteroatoms. The van der Waals surface area contributed by atoms with Gasteiger partial charge in [-0.1, -0.05) is 30.3 Å². The molecule has 9 nitrogen and oxygen atoms in total. The lowest BCUT2D eigenvalue weighted by Crippen LogP contribution is -2.33. The minimum atomic E-state index is -1.24. The number of nitrogens with two attached hydrogens (primary N) is 1. The molecule has 1 aliphatic heterocycles. The Bertz CT molecular complexity index is 1060. The SMILES string of the molecule is N#C[C@@]1(COC(=O)OCc2ccccc2)CCC(c2ccc3c(N)ncnn23)O1. The number of hydrogen-bond donors (Lipinski definition) is 1. The molecule has 1 fully saturated rings. The minimum Gasteiger partial charge on any atom is -0.430 e. The van der Waals surface area contributed by atoms with Crippen LogP contribution in [0, 0.1) is 11.3 Å². The quantitative estimate of drug-likeness (QED) is 0.656. The molecule has 3 aromatic rings. The fourth-order valence-corrected chi connectivity index (χ4v) is 3.33. The first kappa shape index (κ1) is 18.7. The van der Waals surface area contributed by atoms with E-state index in [4.69, 9.17) is 19.9 Å². The average molecular weight is 393 g/mol. The van der Waals surface area contributed by atoms with Gasteiger partial charge in [-0.3, -0.25) is 0 Å². The first-order valence-corrected chi connectivity index (χ1v) is 9.11. The number of nitrogen functional groups attached to an aromatic ring is 1. The first-order valence-electron chi connectivity index (χ1n) is 9.11. The van der Waals surface area contributed by atoms with Crippen molar-refractivity contribution in [3.8, 4) is 6.07 Å². The second kappa shape index (κ2) is 7.77. The molecule has 3 heterocycles. The molecule has 2 aromatic heterocycles. The third-order valence-electron chi connectivity index (χ3n) is 4.85. The molecule has 4 rings (SSSR count). The lowest BCUT2D eigenvalue weighted by Gasteiger charge is -2.21. The van der Waals surface area contributed by atoms with Gasteiger partial charge in [-0.15, -0.1) is 0 Å². The summed E-state index contributed by atoms with van der Waals surface area (Å²) in [6.45, 7) is -0.117. The van der Waals surface area contributed by atoms with E-state index in [1.165, 1.54) is 6.33 Å². The van der Waals surface area contributed by atoms with Crippen LogP contribution in [-0.2, 0) is 20.8 Å². The molecule has 0 saturated carbocycles. The number of rotatable bonds is 5. The van der Waals surface area contributed by atoms with Crippen molar-refractivity contribution < 1.29 is 19.0 Å². The van der Waals surface area contributed by atoms with E-state index in [1.54, 1.807) is 10.6 Å². The number of benzene rings is 1. The van der Waals surface area contributed by atoms with Crippen molar-refractivity contribution in [3.05, 3.63) is 60.0 Å². The summed E-state index contributed by atoms with van der Waals surface area (Å²) in [6.07, 6.45) is 1.13. The molecule has 1 aliphatic rings. The summed E-state index contributed by atoms with van der Waals surface area (Å²) in [6, 6.07) is 15.0. The molecule has 1 unspecified atom stereocenters. The maximum atomic E-state index is 11.9. The van der Waals surface area contributed by atoms with E-state index < -0.39 is 11.8 Å². The van der Waals surface area contributed by atoms with Crippen LogP contribution in [0.3, 0.4) is 0 Å². The Hall–Kier alpha value is -3.64. The fourth-order valence-electron chi connectivity index (χ4n) is 3.33. The lowest BCUT2D eigenvalue weighted by molar-refractivity contribution is -0.0559. The lowest BCUT2D eigenvalue weighted by atomic mass is 10.0. The average Bonchev–Trinajstić information content (AvgIpc) is 3.37. The van der Waals surface area contributed by atoms with Crippen LogP contribution in [0.1, 0.15) is 30.2 Å². The number of anilines is 1. The normalized spacial score (nSPS) is 21.0. The Labute approximate surface area is 166 Å². The van der Waals surface area contributed by atoms with Crippen molar-refractivity contribution >= 4 is 17.5 Å². The summed E-state index contributed by atoms with van der Waals surface area (Å²) in [7, 11) is 0. The van der Waals surface area contributed by atoms with Crippen molar-refractivity contribution in [2.45, 2.75) is 31.2 Å². The van der Waals surface area contributed by atoms with Gasteiger partial charge >= 0.3 is 6.16 Å². The summed E-state index contributed by atoms with van der Waals surface area (Å²) < 4.78 is 17.9. The largest absolute Gasteiger partial charge is 0.508 e. The van der Waals surface area contributed by atoms with E-state index in [0.717, 1.165) is 11.3 Å². The number of aromatic nitrogens is 3. The predicted molar refractivity (Wildman–Crippen MR) is 101 cm³/mol. The van der Waals surface area contributed by atoms with Gasteiger partial charge in [0.2, 0.25) is 0 Å². The van der Waals surface area contributed by atoms with E-state index in [1.807, 2.05) is 36.4 Å². The van der Waals surface area contributed by atoms with Crippen molar-refractivity contribution in [3.63, 3.8) is 0 Å². The van der Waals surface area contributed by atoms with E-state index in [-0.39, 0.29) is 19.3 Å². The molecule has 1 saturated heterocycles. The van der Waals surface area contributed by atoms with Gasteiger partial charge in [-0.2, -0.15) is 10.4 Å². The molecule has 0 radical (unpaired) electrons. The van der Waals surface area contributed by atoms with Gasteiger partial charge in [0.25, 0.3) is 0 Å². The van der Waals surface area contributed by atoms with Crippen molar-refractivity contribution in [1.29, 1.82) is 5.26 Å². The summed E-state index contributed by atoms with van der Waals surface area (Å²) in [4.78, 5) is 15.9. The molecular weight excluding hydrogens is 374 g/mol. The maximum absolute atomic E-state index is 11.9. The zero-order valence-electron chi connectivity index (χ0n) is 15.5. The molecule has 0 aliphatic carbocycles. The number of nitriles is 1. The minimum absolute atomic E-state index is 0.0972. The molecule has 0 spiro atoms. The first-order chi connectivity index (χ1) is 14.1. The Morgan fingerprint density at radius 2 is 2.14 bits per heavy atom. The van der Waals surface area contributed by atoms with Gasteiger partial charge in [0.05, 0.1) is 5.69 Å². The molecule has 148 valence electrons. The topological polar surface area (TPSA) is 125 Å². The Kier molecular flexibility index (Phi) is 5.01. The number of carbonyl (C=O) groups is 1. The van der Waals surface area contributed by atoms with E-state index in [2.05, 4.69) is 16.2 Å². The fraction of sp³-hybridized carbons (Fsp3) is 0.300. The highest BCUT2D eigenvalue weighted by atomic mass is 16.7. The summed E-state index contributed by atoms with van der Waals surface area (Å²) >= 11 is 0. The third kappa shape index (κ3) is 3.83. The predicted octanol–water partition coefficient (Wildman–Crippen LogP) is 2.78. The van der Waals surface area contributed by atoms with Gasteiger partial charge in [-0.05, 0) is 30.5 Å². The summed E-state index contributed by atoms with van der Waals surface area (Å²) in [5, 5.41) is 13.9. The van der Waals surface area contributed by atoms with Crippen molar-refractivity contribution in [2.24, 2.45) is 0 Å². The summed E-state index contributed by atoms with van der Waals surface area (Å²) in [5.41, 5.74) is 6.90. The van der Waals surface area contributed by atoms with E-state index in [0.29, 0.717) is 24.2 Å². The van der Waals surface area contributed by atoms with Crippen molar-refractivity contribution in [2.75, 3.05) is 12.3 Å². The number of ether oxygens (including phenoxy) is 3. The number of nitrogens with zero attached hydrogens (tertiary/aromatic N) is 4. The van der Waals surface area contributed by atoms with E-state index >= 15 is 0 Å². The molecule has 0 amide bonds. The highest BCUT2D eigenvalue weighted by Crippen LogP contribution is 2.40. The molecular formula is C20H19N5O4. The molecule has 2 N–H and O–H groups in total. The van der Waals surface area contributed by atoms with Gasteiger partial charge in [-0.25, -0.2) is 14.3 Å². The molecule has 0 bridgehead atoms. The van der Waals surface area contributed by atoms with Crippen LogP contribution < -0.4 is 5.73 Å². The van der Waals surface area contributed by atoms with Crippen LogP contribution in [0.2, 0.25) is 0 Å². The molecule has 29 heavy (non-hydrogen) atoms. The number of hydrogen-bond acceptors (Lipinski definition) is 8. The van der Waals surface area contributed by atoms with Gasteiger partial charge in [0, 0.05) is 0 Å². The Balaban J connectivity index is 1.38. The number of carbonyl (C=O) groups excluding carboxylic acids is 1. The molecule has 1 aromatic carbocycles. The zero-order chi connectivity index (χ0) is 20.3. The second-order valence-electron chi connectivity index (χ2n) is 6.76. The highest BCUT2D eigenvalue weighted by Gasteiger charge is 2.43. The van der Waals surface area contributed by atoms with Crippen LogP contribution in [-0.4, -0.2) is 33.0 Å². The smallest absolute Gasteiger partial charge is 0.430 e. The van der Waals surface area contributed by atoms with Gasteiger partial charge in [0.1, 0.15) is 37.2 Å². The highest BCUT2D eigenvalue weighted by molar-refractivity contribution is 5.65. The van der Waals surface area contributed by atoms with Crippen LogP contribution in [0.15, 0.2) is 48.8 Å². The van der Waals surface area contributed by atoms with E-state index in [9.17, 15) is 10.1 Å². The Morgan fingerprint density at radius 3 is 2.93 bits per heavy atom. The summed E-state index contributed by atoms with van der Waals surface area (Å²) in [5.74, 6) is 0.361. The second-order valence-corrected chi connectivity index (χ2v) is 6.76. The third-order valence-corrected chi connectivity index (χ3v) is 4.85. The Morgan fingerprint density at radius 1 is 1.31 bits per heavy atom. The maximum Gasteiger partial charge on any atom is 0.508 e. The standard InChI is InChI=1S/C20H19N5O4/c21-11-20(12-28-19(26)27-10-14-4-2-1-3-5-14)9-8-17(29-20)15-6-7-16-18(22)23-13-24-25(15)16/h1-7,13,17H,8-10,12H2,(H2,22,23,24)/t17?,20-/m1/s1. The van der Waals surface area contributed by atoms with Gasteiger partial charge < -0.3 is 19.9 Å². The van der Waals surface area contributed by atoms with Crippen LogP contribution in [0.5, 0.6) is 0 Å². The van der Waals surface area contributed by atoms with Crippen molar-refractivity contribution in [1.82, 2.24) is 14.6 Å².